The summed E-state index contributed by atoms with van der Waals surface area (Å²) in [6.45, 7) is 1.65. The Bertz CT molecular complexity index is 1120. The van der Waals surface area contributed by atoms with Gasteiger partial charge in [-0.25, -0.2) is 4.79 Å². The average molecular weight is 483 g/mol. The smallest absolute Gasteiger partial charge is 0.328 e. The first-order valence-electron chi connectivity index (χ1n) is 11.0. The Labute approximate surface area is 205 Å². The SMILES string of the molecule is CN(C(=O)N(C[C@H]1CCCN1C)c1ccc(-c2cccc(N)c2)cc1)c1cc(Cl)cc(Cl)c1. The molecule has 0 saturated carbocycles. The molecule has 0 unspecified atom stereocenters. The minimum absolute atomic E-state index is 0.134. The number of halogens is 2. The van der Waals surface area contributed by atoms with Crippen LogP contribution in [0.4, 0.5) is 21.9 Å². The van der Waals surface area contributed by atoms with Crippen LogP contribution in [0, 0.1) is 0 Å². The highest BCUT2D eigenvalue weighted by Gasteiger charge is 2.29. The summed E-state index contributed by atoms with van der Waals surface area (Å²) in [5.41, 5.74) is 10.2. The Morgan fingerprint density at radius 3 is 2.30 bits per heavy atom. The molecule has 3 aromatic carbocycles. The molecule has 1 aliphatic rings. The van der Waals surface area contributed by atoms with E-state index in [9.17, 15) is 4.79 Å². The zero-order valence-corrected chi connectivity index (χ0v) is 20.4. The molecule has 4 rings (SSSR count). The van der Waals surface area contributed by atoms with E-state index in [4.69, 9.17) is 28.9 Å². The van der Waals surface area contributed by atoms with E-state index in [1.165, 1.54) is 0 Å². The number of anilines is 3. The summed E-state index contributed by atoms with van der Waals surface area (Å²) < 4.78 is 0. The first-order chi connectivity index (χ1) is 15.8. The molecule has 1 aliphatic heterocycles. The normalized spacial score (nSPS) is 16.1. The van der Waals surface area contributed by atoms with Gasteiger partial charge in [0.25, 0.3) is 0 Å². The molecule has 0 aliphatic carbocycles. The quantitative estimate of drug-likeness (QED) is 0.428. The van der Waals surface area contributed by atoms with Crippen LogP contribution in [0.5, 0.6) is 0 Å². The molecule has 2 amide bonds. The number of benzene rings is 3. The van der Waals surface area contributed by atoms with E-state index in [-0.39, 0.29) is 6.03 Å². The van der Waals surface area contributed by atoms with E-state index in [1.54, 1.807) is 30.1 Å². The summed E-state index contributed by atoms with van der Waals surface area (Å²) in [5, 5.41) is 0.983. The number of carbonyl (C=O) groups excluding carboxylic acids is 1. The molecular formula is C26H28Cl2N4O. The predicted molar refractivity (Wildman–Crippen MR) is 140 cm³/mol. The zero-order chi connectivity index (χ0) is 23.5. The van der Waals surface area contributed by atoms with Crippen LogP contribution in [0.2, 0.25) is 10.0 Å². The number of nitrogen functional groups attached to an aromatic ring is 1. The fourth-order valence-electron chi connectivity index (χ4n) is 4.29. The Morgan fingerprint density at radius 1 is 1.00 bits per heavy atom. The van der Waals surface area contributed by atoms with Crippen LogP contribution < -0.4 is 15.5 Å². The number of carbonyl (C=O) groups is 1. The minimum atomic E-state index is -0.134. The Morgan fingerprint density at radius 2 is 1.70 bits per heavy atom. The van der Waals surface area contributed by atoms with Crippen molar-refractivity contribution in [3.05, 3.63) is 76.8 Å². The highest BCUT2D eigenvalue weighted by Crippen LogP contribution is 2.29. The van der Waals surface area contributed by atoms with Crippen LogP contribution in [0.1, 0.15) is 12.8 Å². The van der Waals surface area contributed by atoms with Gasteiger partial charge in [-0.05, 0) is 80.0 Å². The van der Waals surface area contributed by atoms with Crippen LogP contribution in [-0.2, 0) is 0 Å². The number of amides is 2. The lowest BCUT2D eigenvalue weighted by Gasteiger charge is -2.32. The standard InChI is InChI=1S/C26H28Cl2N4O/c1-30-12-4-7-24(30)17-32(26(33)31(2)25-15-20(27)14-21(28)16-25)23-10-8-18(9-11-23)19-5-3-6-22(29)13-19/h3,5-6,8-11,13-16,24H,4,7,12,17,29H2,1-2H3/t24-/m1/s1. The number of nitrogens with two attached hydrogens (primary N) is 1. The molecule has 7 heteroatoms. The highest BCUT2D eigenvalue weighted by atomic mass is 35.5. The summed E-state index contributed by atoms with van der Waals surface area (Å²) in [7, 11) is 3.86. The Kier molecular flexibility index (Phi) is 7.13. The predicted octanol–water partition coefficient (Wildman–Crippen LogP) is 6.40. The number of hydrogen-bond acceptors (Lipinski definition) is 3. The maximum absolute atomic E-state index is 13.7. The monoisotopic (exact) mass is 482 g/mol. The topological polar surface area (TPSA) is 52.8 Å². The molecule has 5 nitrogen and oxygen atoms in total. The van der Waals surface area contributed by atoms with E-state index in [0.29, 0.717) is 28.3 Å². The maximum Gasteiger partial charge on any atom is 0.328 e. The Balaban J connectivity index is 1.65. The highest BCUT2D eigenvalue weighted by molar-refractivity contribution is 6.35. The second kappa shape index (κ2) is 10.0. The van der Waals surface area contributed by atoms with Gasteiger partial charge in [-0.3, -0.25) is 9.80 Å². The van der Waals surface area contributed by atoms with Gasteiger partial charge in [0.05, 0.1) is 0 Å². The van der Waals surface area contributed by atoms with E-state index < -0.39 is 0 Å². The molecule has 1 heterocycles. The van der Waals surface area contributed by atoms with Crippen molar-refractivity contribution in [2.24, 2.45) is 0 Å². The van der Waals surface area contributed by atoms with Crippen LogP contribution in [0.25, 0.3) is 11.1 Å². The van der Waals surface area contributed by atoms with Gasteiger partial charge in [-0.15, -0.1) is 0 Å². The molecule has 1 fully saturated rings. The Hall–Kier alpha value is -2.73. The van der Waals surface area contributed by atoms with Crippen LogP contribution in [-0.4, -0.2) is 44.2 Å². The van der Waals surface area contributed by atoms with Crippen molar-refractivity contribution in [2.75, 3.05) is 42.7 Å². The molecule has 2 N–H and O–H groups in total. The molecule has 0 bridgehead atoms. The van der Waals surface area contributed by atoms with Crippen LogP contribution in [0.15, 0.2) is 66.7 Å². The van der Waals surface area contributed by atoms with Crippen molar-refractivity contribution in [3.63, 3.8) is 0 Å². The average Bonchev–Trinajstić information content (AvgIpc) is 3.20. The van der Waals surface area contributed by atoms with E-state index in [0.717, 1.165) is 41.9 Å². The summed E-state index contributed by atoms with van der Waals surface area (Å²) >= 11 is 12.4. The van der Waals surface area contributed by atoms with Gasteiger partial charge >= 0.3 is 6.03 Å². The van der Waals surface area contributed by atoms with E-state index in [2.05, 4.69) is 11.9 Å². The summed E-state index contributed by atoms with van der Waals surface area (Å²) in [5.74, 6) is 0. The van der Waals surface area contributed by atoms with E-state index in [1.807, 2.05) is 53.4 Å². The zero-order valence-electron chi connectivity index (χ0n) is 18.8. The largest absolute Gasteiger partial charge is 0.399 e. The molecule has 0 aromatic heterocycles. The second-order valence-corrected chi connectivity index (χ2v) is 9.40. The van der Waals surface area contributed by atoms with Gasteiger partial charge in [-0.1, -0.05) is 47.5 Å². The van der Waals surface area contributed by atoms with Gasteiger partial charge in [-0.2, -0.15) is 0 Å². The lowest BCUT2D eigenvalue weighted by Crippen LogP contribution is -2.47. The van der Waals surface area contributed by atoms with E-state index >= 15 is 0 Å². The number of rotatable bonds is 5. The third-order valence-electron chi connectivity index (χ3n) is 6.22. The number of likely N-dealkylation sites (N-methyl/N-ethyl adjacent to an activating group) is 1. The van der Waals surface area contributed by atoms with Crippen molar-refractivity contribution in [3.8, 4) is 11.1 Å². The first-order valence-corrected chi connectivity index (χ1v) is 11.7. The number of nitrogens with zero attached hydrogens (tertiary/aromatic N) is 3. The summed E-state index contributed by atoms with van der Waals surface area (Å²) in [6, 6.07) is 21.1. The number of hydrogen-bond donors (Lipinski definition) is 1. The molecule has 1 atom stereocenters. The first kappa shape index (κ1) is 23.4. The lowest BCUT2D eigenvalue weighted by atomic mass is 10.0. The molecule has 0 radical (unpaired) electrons. The molecule has 3 aromatic rings. The molecule has 0 spiro atoms. The number of likely N-dealkylation sites (tertiary alicyclic amines) is 1. The van der Waals surface area contributed by atoms with Crippen molar-refractivity contribution in [1.29, 1.82) is 0 Å². The molecular weight excluding hydrogens is 455 g/mol. The van der Waals surface area contributed by atoms with Crippen LogP contribution in [0.3, 0.4) is 0 Å². The van der Waals surface area contributed by atoms with Gasteiger partial charge in [0, 0.05) is 46.7 Å². The van der Waals surface area contributed by atoms with Gasteiger partial charge < -0.3 is 10.6 Å². The van der Waals surface area contributed by atoms with Crippen molar-refractivity contribution >= 4 is 46.3 Å². The third kappa shape index (κ3) is 5.44. The summed E-state index contributed by atoms with van der Waals surface area (Å²) in [6.07, 6.45) is 2.20. The molecule has 172 valence electrons. The summed E-state index contributed by atoms with van der Waals surface area (Å²) in [4.78, 5) is 19.4. The second-order valence-electron chi connectivity index (χ2n) is 8.53. The lowest BCUT2D eigenvalue weighted by molar-refractivity contribution is 0.248. The van der Waals surface area contributed by atoms with Gasteiger partial charge in [0.1, 0.15) is 0 Å². The molecule has 1 saturated heterocycles. The fourth-order valence-corrected chi connectivity index (χ4v) is 4.81. The van der Waals surface area contributed by atoms with Crippen LogP contribution >= 0.6 is 23.2 Å². The maximum atomic E-state index is 13.7. The minimum Gasteiger partial charge on any atom is -0.399 e. The molecule has 33 heavy (non-hydrogen) atoms. The van der Waals surface area contributed by atoms with Gasteiger partial charge in [0.2, 0.25) is 0 Å². The fraction of sp³-hybridized carbons (Fsp3) is 0.269. The van der Waals surface area contributed by atoms with Crippen molar-refractivity contribution < 1.29 is 4.79 Å². The van der Waals surface area contributed by atoms with Crippen molar-refractivity contribution in [1.82, 2.24) is 4.90 Å². The van der Waals surface area contributed by atoms with Gasteiger partial charge in [0.15, 0.2) is 0 Å². The van der Waals surface area contributed by atoms with Crippen molar-refractivity contribution in [2.45, 2.75) is 18.9 Å². The number of urea groups is 1. The third-order valence-corrected chi connectivity index (χ3v) is 6.65.